The van der Waals surface area contributed by atoms with E-state index in [-0.39, 0.29) is 43.2 Å². The van der Waals surface area contributed by atoms with Crippen LogP contribution >= 0.6 is 0 Å². The maximum absolute atomic E-state index is 13.1. The van der Waals surface area contributed by atoms with E-state index in [1.807, 2.05) is 6.07 Å². The van der Waals surface area contributed by atoms with Crippen LogP contribution in [-0.4, -0.2) is 52.9 Å². The maximum Gasteiger partial charge on any atom is 0.573 e. The number of anilines is 1. The molecule has 1 N–H and O–H groups in total. The summed E-state index contributed by atoms with van der Waals surface area (Å²) in [5.74, 6) is -0.735. The summed E-state index contributed by atoms with van der Waals surface area (Å²) in [6, 6.07) is 12.8. The normalized spacial score (nSPS) is 15.9. The van der Waals surface area contributed by atoms with Crippen LogP contribution in [0.25, 0.3) is 11.0 Å². The zero-order valence-electron chi connectivity index (χ0n) is 19.8. The molecule has 2 heterocycles. The van der Waals surface area contributed by atoms with Crippen molar-refractivity contribution in [2.24, 2.45) is 5.92 Å². The van der Waals surface area contributed by atoms with Crippen molar-refractivity contribution in [3.05, 3.63) is 54.1 Å². The van der Waals surface area contributed by atoms with E-state index in [2.05, 4.69) is 15.0 Å². The van der Waals surface area contributed by atoms with Gasteiger partial charge >= 0.3 is 6.36 Å². The summed E-state index contributed by atoms with van der Waals surface area (Å²) in [5.41, 5.74) is 1.85. The SMILES string of the molecule is CC(C)S(=O)(=O)N1CCC(C(=O)Nc2nc3ccccc3n2Cc2cccc(OC(F)(F)F)c2)CC1. The number of ether oxygens (including phenoxy) is 1. The molecule has 0 radical (unpaired) electrons. The molecular formula is C24H27F3N4O4S. The molecule has 12 heteroatoms. The molecule has 0 bridgehead atoms. The van der Waals surface area contributed by atoms with Crippen LogP contribution in [0.5, 0.6) is 5.75 Å². The molecule has 1 amide bonds. The zero-order valence-corrected chi connectivity index (χ0v) is 20.6. The first-order valence-corrected chi connectivity index (χ1v) is 13.0. The number of amides is 1. The third-order valence-electron chi connectivity index (χ3n) is 6.14. The van der Waals surface area contributed by atoms with Gasteiger partial charge in [0, 0.05) is 19.0 Å². The van der Waals surface area contributed by atoms with Crippen LogP contribution in [0.1, 0.15) is 32.3 Å². The molecule has 0 aliphatic carbocycles. The van der Waals surface area contributed by atoms with Crippen molar-refractivity contribution in [2.75, 3.05) is 18.4 Å². The fraction of sp³-hybridized carbons (Fsp3) is 0.417. The lowest BCUT2D eigenvalue weighted by molar-refractivity contribution is -0.274. The van der Waals surface area contributed by atoms with Gasteiger partial charge in [0.25, 0.3) is 0 Å². The number of nitrogens with one attached hydrogen (secondary N) is 1. The number of hydrogen-bond acceptors (Lipinski definition) is 5. The van der Waals surface area contributed by atoms with E-state index in [1.54, 1.807) is 42.7 Å². The lowest BCUT2D eigenvalue weighted by Gasteiger charge is -2.31. The summed E-state index contributed by atoms with van der Waals surface area (Å²) in [6.07, 6.45) is -4.03. The van der Waals surface area contributed by atoms with E-state index in [1.165, 1.54) is 22.5 Å². The average molecular weight is 525 g/mol. The van der Waals surface area contributed by atoms with Crippen LogP contribution < -0.4 is 10.1 Å². The molecular weight excluding hydrogens is 497 g/mol. The standard InChI is InChI=1S/C24H27F3N4O4S/c1-16(2)36(33,34)30-12-10-18(11-13-30)22(32)29-23-28-20-8-3-4-9-21(20)31(23)15-17-6-5-7-19(14-17)35-24(25,26)27/h3-9,14,16,18H,10-13,15H2,1-2H3,(H,28,29,32). The number of hydrogen-bond donors (Lipinski definition) is 1. The Morgan fingerprint density at radius 2 is 1.83 bits per heavy atom. The molecule has 0 unspecified atom stereocenters. The number of nitrogens with zero attached hydrogens (tertiary/aromatic N) is 3. The van der Waals surface area contributed by atoms with Crippen molar-refractivity contribution in [3.63, 3.8) is 0 Å². The van der Waals surface area contributed by atoms with Gasteiger partial charge in [-0.3, -0.25) is 10.1 Å². The Morgan fingerprint density at radius 1 is 1.14 bits per heavy atom. The predicted molar refractivity (Wildman–Crippen MR) is 129 cm³/mol. The highest BCUT2D eigenvalue weighted by Gasteiger charge is 2.33. The third-order valence-corrected chi connectivity index (χ3v) is 8.42. The van der Waals surface area contributed by atoms with Gasteiger partial charge in [-0.25, -0.2) is 17.7 Å². The first kappa shape index (κ1) is 26.0. The summed E-state index contributed by atoms with van der Waals surface area (Å²) in [6.45, 7) is 3.94. The molecule has 0 spiro atoms. The van der Waals surface area contributed by atoms with Gasteiger partial charge < -0.3 is 9.30 Å². The number of imidazole rings is 1. The predicted octanol–water partition coefficient (Wildman–Crippen LogP) is 4.37. The average Bonchev–Trinajstić information content (AvgIpc) is 3.15. The number of para-hydroxylation sites is 2. The van der Waals surface area contributed by atoms with Gasteiger partial charge in [0.15, 0.2) is 0 Å². The molecule has 8 nitrogen and oxygen atoms in total. The van der Waals surface area contributed by atoms with Crippen LogP contribution in [0.15, 0.2) is 48.5 Å². The van der Waals surface area contributed by atoms with Gasteiger partial charge in [-0.05, 0) is 56.5 Å². The molecule has 2 aromatic carbocycles. The van der Waals surface area contributed by atoms with Crippen LogP contribution in [0.2, 0.25) is 0 Å². The van der Waals surface area contributed by atoms with Crippen LogP contribution in [0.3, 0.4) is 0 Å². The van der Waals surface area contributed by atoms with Crippen molar-refractivity contribution in [2.45, 2.75) is 44.8 Å². The second-order valence-electron chi connectivity index (χ2n) is 8.96. The number of aromatic nitrogens is 2. The van der Waals surface area contributed by atoms with Crippen molar-refractivity contribution >= 4 is 32.9 Å². The van der Waals surface area contributed by atoms with E-state index >= 15 is 0 Å². The second kappa shape index (κ2) is 10.1. The number of rotatable bonds is 7. The molecule has 4 rings (SSSR count). The van der Waals surface area contributed by atoms with Crippen LogP contribution in [0, 0.1) is 5.92 Å². The highest BCUT2D eigenvalue weighted by molar-refractivity contribution is 7.89. The first-order chi connectivity index (χ1) is 16.9. The molecule has 1 saturated heterocycles. The van der Waals surface area contributed by atoms with Gasteiger partial charge in [0.2, 0.25) is 21.9 Å². The van der Waals surface area contributed by atoms with Crippen LogP contribution in [-0.2, 0) is 21.4 Å². The molecule has 1 aromatic heterocycles. The van der Waals surface area contributed by atoms with Crippen molar-refractivity contribution in [1.82, 2.24) is 13.9 Å². The molecule has 1 fully saturated rings. The summed E-state index contributed by atoms with van der Waals surface area (Å²) >= 11 is 0. The highest BCUT2D eigenvalue weighted by Crippen LogP contribution is 2.27. The number of alkyl halides is 3. The zero-order chi connectivity index (χ0) is 26.1. The van der Waals surface area contributed by atoms with Crippen molar-refractivity contribution < 1.29 is 31.1 Å². The molecule has 1 aliphatic heterocycles. The van der Waals surface area contributed by atoms with Gasteiger partial charge in [-0.2, -0.15) is 0 Å². The topological polar surface area (TPSA) is 93.5 Å². The van der Waals surface area contributed by atoms with Gasteiger partial charge in [-0.15, -0.1) is 13.2 Å². The quantitative estimate of drug-likeness (QED) is 0.496. The minimum atomic E-state index is -4.80. The smallest absolute Gasteiger partial charge is 0.406 e. The molecule has 194 valence electrons. The van der Waals surface area contributed by atoms with E-state index in [4.69, 9.17) is 0 Å². The molecule has 36 heavy (non-hydrogen) atoms. The molecule has 0 saturated carbocycles. The fourth-order valence-electron chi connectivity index (χ4n) is 4.24. The Kier molecular flexibility index (Phi) is 7.28. The Balaban J connectivity index is 1.53. The van der Waals surface area contributed by atoms with E-state index < -0.39 is 21.6 Å². The number of fused-ring (bicyclic) bond motifs is 1. The lowest BCUT2D eigenvalue weighted by atomic mass is 9.97. The maximum atomic E-state index is 13.1. The number of carbonyl (C=O) groups is 1. The number of halogens is 3. The molecule has 3 aromatic rings. The molecule has 0 atom stereocenters. The van der Waals surface area contributed by atoms with Gasteiger partial charge in [-0.1, -0.05) is 24.3 Å². The van der Waals surface area contributed by atoms with Gasteiger partial charge in [0.1, 0.15) is 5.75 Å². The number of carbonyl (C=O) groups excluding carboxylic acids is 1. The number of piperidine rings is 1. The summed E-state index contributed by atoms with van der Waals surface area (Å²) in [7, 11) is -3.38. The summed E-state index contributed by atoms with van der Waals surface area (Å²) in [5, 5.41) is 2.33. The number of sulfonamides is 1. The lowest BCUT2D eigenvalue weighted by Crippen LogP contribution is -2.44. The van der Waals surface area contributed by atoms with E-state index in [9.17, 15) is 26.4 Å². The molecule has 1 aliphatic rings. The minimum absolute atomic E-state index is 0.149. The van der Waals surface area contributed by atoms with Crippen molar-refractivity contribution in [1.29, 1.82) is 0 Å². The van der Waals surface area contributed by atoms with E-state index in [0.717, 1.165) is 0 Å². The Bertz CT molecular complexity index is 1350. The monoisotopic (exact) mass is 524 g/mol. The Hall–Kier alpha value is -3.12. The summed E-state index contributed by atoms with van der Waals surface area (Å²) in [4.78, 5) is 17.6. The highest BCUT2D eigenvalue weighted by atomic mass is 32.2. The number of benzene rings is 2. The minimum Gasteiger partial charge on any atom is -0.406 e. The Morgan fingerprint density at radius 3 is 2.50 bits per heavy atom. The van der Waals surface area contributed by atoms with E-state index in [0.29, 0.717) is 29.4 Å². The van der Waals surface area contributed by atoms with Crippen LogP contribution in [0.4, 0.5) is 19.1 Å². The largest absolute Gasteiger partial charge is 0.573 e. The van der Waals surface area contributed by atoms with Gasteiger partial charge in [0.05, 0.1) is 22.8 Å². The third kappa shape index (κ3) is 5.81. The second-order valence-corrected chi connectivity index (χ2v) is 11.5. The first-order valence-electron chi connectivity index (χ1n) is 11.5. The van der Waals surface area contributed by atoms with Crippen molar-refractivity contribution in [3.8, 4) is 5.75 Å². The Labute approximate surface area is 207 Å². The summed E-state index contributed by atoms with van der Waals surface area (Å²) < 4.78 is 69.9. The fourth-order valence-corrected chi connectivity index (χ4v) is 5.55.